The molecular formula is C25H41ClN8O4. The van der Waals surface area contributed by atoms with E-state index in [-0.39, 0.29) is 28.6 Å². The van der Waals surface area contributed by atoms with E-state index in [2.05, 4.69) is 30.9 Å². The number of alkyl carbamates (subject to hydrolysis) is 2. The van der Waals surface area contributed by atoms with Gasteiger partial charge in [-0.2, -0.15) is 4.99 Å². The smallest absolute Gasteiger partial charge is 0.414 e. The molecular weight excluding hydrogens is 512 g/mol. The summed E-state index contributed by atoms with van der Waals surface area (Å²) in [4.78, 5) is 36.5. The topological polar surface area (TPSA) is 178 Å². The lowest BCUT2D eigenvalue weighted by Crippen LogP contribution is -2.47. The van der Waals surface area contributed by atoms with E-state index in [1.165, 1.54) is 0 Å². The number of guanidine groups is 3. The average molecular weight is 557 g/mol. The summed E-state index contributed by atoms with van der Waals surface area (Å²) in [6.45, 7) is 11.0. The summed E-state index contributed by atoms with van der Waals surface area (Å²) >= 11 is 5.79. The zero-order valence-corrected chi connectivity index (χ0v) is 23.5. The van der Waals surface area contributed by atoms with Crippen LogP contribution in [0.25, 0.3) is 0 Å². The van der Waals surface area contributed by atoms with Crippen LogP contribution in [0.15, 0.2) is 39.1 Å². The van der Waals surface area contributed by atoms with E-state index >= 15 is 0 Å². The molecule has 12 nitrogen and oxygen atoms in total. The minimum atomic E-state index is -0.762. The molecule has 0 fully saturated rings. The molecule has 0 bridgehead atoms. The third-order valence-electron chi connectivity index (χ3n) is 3.93. The fourth-order valence-electron chi connectivity index (χ4n) is 2.55. The maximum absolute atomic E-state index is 12.1. The molecule has 1 aromatic carbocycles. The fourth-order valence-corrected chi connectivity index (χ4v) is 2.64. The van der Waals surface area contributed by atoms with Crippen molar-refractivity contribution < 1.29 is 24.5 Å². The van der Waals surface area contributed by atoms with Crippen molar-refractivity contribution in [1.82, 2.24) is 10.6 Å². The summed E-state index contributed by atoms with van der Waals surface area (Å²) in [5, 5.41) is 7.07. The van der Waals surface area contributed by atoms with E-state index in [0.717, 1.165) is 12.8 Å². The molecule has 2 amide bonds. The Kier molecular flexibility index (Phi) is 10.7. The Hall–Kier alpha value is -3.54. The van der Waals surface area contributed by atoms with Crippen molar-refractivity contribution in [1.29, 1.82) is 0 Å². The fraction of sp³-hybridized carbons (Fsp3) is 0.560. The lowest BCUT2D eigenvalue weighted by molar-refractivity contribution is 0.0545. The maximum atomic E-state index is 12.1. The van der Waals surface area contributed by atoms with Crippen molar-refractivity contribution in [3.63, 3.8) is 0 Å². The predicted octanol–water partition coefficient (Wildman–Crippen LogP) is 4.35. The molecule has 0 saturated carbocycles. The van der Waals surface area contributed by atoms with Gasteiger partial charge in [-0.3, -0.25) is 20.6 Å². The first-order chi connectivity index (χ1) is 19.3. The number of hydrogen-bond donors (Lipinski definition) is 5. The molecule has 38 heavy (non-hydrogen) atoms. The minimum Gasteiger partial charge on any atom is -0.444 e. The molecule has 0 spiro atoms. The molecule has 0 heterocycles. The van der Waals surface area contributed by atoms with Crippen LogP contribution in [-0.4, -0.2) is 54.4 Å². The van der Waals surface area contributed by atoms with Gasteiger partial charge in [0.05, 0.1) is 5.48 Å². The minimum absolute atomic E-state index is 0.0773. The Morgan fingerprint density at radius 1 is 0.868 bits per heavy atom. The quantitative estimate of drug-likeness (QED) is 0.179. The normalized spacial score (nSPS) is 13.9. The molecule has 1 aromatic rings. The van der Waals surface area contributed by atoms with Crippen LogP contribution in [0.5, 0.6) is 0 Å². The number of rotatable bonds is 8. The van der Waals surface area contributed by atoms with Gasteiger partial charge < -0.3 is 26.3 Å². The Morgan fingerprint density at radius 3 is 1.82 bits per heavy atom. The van der Waals surface area contributed by atoms with Gasteiger partial charge in [0.25, 0.3) is 0 Å². The number of aliphatic imine (C=N–C) groups is 3. The van der Waals surface area contributed by atoms with Crippen LogP contribution in [0.2, 0.25) is 5.02 Å². The second-order valence-electron chi connectivity index (χ2n) is 9.95. The van der Waals surface area contributed by atoms with E-state index in [1.54, 1.807) is 41.5 Å². The maximum Gasteiger partial charge on any atom is 0.414 e. The molecule has 0 radical (unpaired) electrons. The second kappa shape index (κ2) is 15.7. The first-order valence-electron chi connectivity index (χ1n) is 14.0. The molecule has 0 aliphatic rings. The Bertz CT molecular complexity index is 1150. The summed E-state index contributed by atoms with van der Waals surface area (Å²) in [6.07, 6.45) is 1.38. The van der Waals surface area contributed by atoms with E-state index in [0.29, 0.717) is 25.9 Å². The van der Waals surface area contributed by atoms with Crippen molar-refractivity contribution in [2.24, 2.45) is 26.4 Å². The third-order valence-corrected chi connectivity index (χ3v) is 4.12. The number of anilines is 1. The predicted molar refractivity (Wildman–Crippen MR) is 153 cm³/mol. The van der Waals surface area contributed by atoms with Gasteiger partial charge in [0.1, 0.15) is 11.2 Å². The largest absolute Gasteiger partial charge is 0.444 e. The highest BCUT2D eigenvalue weighted by Crippen LogP contribution is 2.13. The molecule has 0 atom stereocenters. The molecule has 0 aliphatic carbocycles. The van der Waals surface area contributed by atoms with E-state index in [4.69, 9.17) is 38.0 Å². The van der Waals surface area contributed by atoms with Crippen molar-refractivity contribution in [3.8, 4) is 0 Å². The van der Waals surface area contributed by atoms with E-state index in [9.17, 15) is 9.59 Å². The van der Waals surface area contributed by atoms with Gasteiger partial charge in [0.15, 0.2) is 0 Å². The number of carbonyl (C=O) groups excluding carboxylic acids is 2. The van der Waals surface area contributed by atoms with Crippen LogP contribution >= 0.6 is 11.6 Å². The zero-order chi connectivity index (χ0) is 32.3. The Labute approximate surface area is 235 Å². The molecule has 0 saturated heterocycles. The lowest BCUT2D eigenvalue weighted by atomic mass is 10.2. The standard InChI is InChI=1S/C25H41ClN8O4/c1-24(2,3)37-22(35)33-21(34-23(36)38-25(4,5)6)30-16-10-8-7-9-15-29-19(27)32-20(28)31-18-13-11-17(26)12-14-18/h11-14H,7-10,15-16H2,1-6H3,(H5,27,28,29,31,32)(H2,30,33,34,35,36)/i11D,12D,13D,14D. The molecule has 7 N–H and O–H groups in total. The molecule has 0 unspecified atom stereocenters. The van der Waals surface area contributed by atoms with Crippen molar-refractivity contribution in [3.05, 3.63) is 29.2 Å². The Morgan fingerprint density at radius 2 is 1.34 bits per heavy atom. The van der Waals surface area contributed by atoms with Crippen LogP contribution in [0.3, 0.4) is 0 Å². The number of hydrogen-bond acceptors (Lipinski definition) is 6. The summed E-state index contributed by atoms with van der Waals surface area (Å²) in [7, 11) is 0. The van der Waals surface area contributed by atoms with Crippen LogP contribution in [0.4, 0.5) is 15.3 Å². The number of halogens is 1. The SMILES string of the molecule is [2H]c1c([2H])c(NC(N)=NC(N)=NCCCCCCN=C(NC(=O)OC(C)(C)C)NC(=O)OC(C)(C)C)c([2H])c([2H])c1Cl. The number of ether oxygens (including phenoxy) is 2. The first-order valence-corrected chi connectivity index (χ1v) is 12.4. The van der Waals surface area contributed by atoms with Crippen LogP contribution < -0.4 is 27.4 Å². The number of nitrogens with one attached hydrogen (secondary N) is 3. The number of nitrogens with two attached hydrogens (primary N) is 2. The van der Waals surface area contributed by atoms with Gasteiger partial charge in [-0.1, -0.05) is 24.4 Å². The highest BCUT2D eigenvalue weighted by Gasteiger charge is 2.21. The van der Waals surface area contributed by atoms with Gasteiger partial charge in [-0.25, -0.2) is 9.59 Å². The van der Waals surface area contributed by atoms with Crippen molar-refractivity contribution >= 4 is 47.4 Å². The molecule has 1 rings (SSSR count). The molecule has 13 heteroatoms. The van der Waals surface area contributed by atoms with Crippen LogP contribution in [-0.2, 0) is 9.47 Å². The summed E-state index contributed by atoms with van der Waals surface area (Å²) in [5.74, 6) is -0.459. The van der Waals surface area contributed by atoms with Gasteiger partial charge in [0.2, 0.25) is 17.9 Å². The summed E-state index contributed by atoms with van der Waals surface area (Å²) in [6, 6.07) is -1.61. The molecule has 0 aliphatic heterocycles. The van der Waals surface area contributed by atoms with Crippen LogP contribution in [0, 0.1) is 0 Å². The number of carbonyl (C=O) groups is 2. The molecule has 0 aromatic heterocycles. The monoisotopic (exact) mass is 556 g/mol. The third kappa shape index (κ3) is 17.0. The van der Waals surface area contributed by atoms with Gasteiger partial charge in [-0.05, 0) is 78.6 Å². The van der Waals surface area contributed by atoms with Crippen LogP contribution in [0.1, 0.15) is 72.7 Å². The average Bonchev–Trinajstić information content (AvgIpc) is 2.83. The number of unbranched alkanes of at least 4 members (excludes halogenated alkanes) is 3. The highest BCUT2D eigenvalue weighted by atomic mass is 35.5. The lowest BCUT2D eigenvalue weighted by Gasteiger charge is -2.22. The van der Waals surface area contributed by atoms with Gasteiger partial charge >= 0.3 is 12.2 Å². The summed E-state index contributed by atoms with van der Waals surface area (Å²) < 4.78 is 41.8. The number of nitrogens with zero attached hydrogens (tertiary/aromatic N) is 3. The zero-order valence-electron chi connectivity index (χ0n) is 26.7. The second-order valence-corrected chi connectivity index (χ2v) is 10.3. The van der Waals surface area contributed by atoms with E-state index < -0.39 is 47.6 Å². The van der Waals surface area contributed by atoms with Crippen molar-refractivity contribution in [2.75, 3.05) is 18.4 Å². The first kappa shape index (κ1) is 26.1. The van der Waals surface area contributed by atoms with Gasteiger partial charge in [-0.15, -0.1) is 0 Å². The van der Waals surface area contributed by atoms with Gasteiger partial charge in [0, 0.05) is 23.8 Å². The number of amides is 2. The summed E-state index contributed by atoms with van der Waals surface area (Å²) in [5.41, 5.74) is 9.93. The number of benzene rings is 1. The van der Waals surface area contributed by atoms with Crippen molar-refractivity contribution in [2.45, 2.75) is 78.4 Å². The molecule has 212 valence electrons. The highest BCUT2D eigenvalue weighted by molar-refractivity contribution is 6.30. The van der Waals surface area contributed by atoms with E-state index in [1.807, 2.05) is 0 Å². The Balaban J connectivity index is 2.60.